The normalized spacial score (nSPS) is 29.9. The number of nitrogens with two attached hydrogens (primary N) is 1. The van der Waals surface area contributed by atoms with Crippen LogP contribution in [-0.4, -0.2) is 33.1 Å². The van der Waals surface area contributed by atoms with Gasteiger partial charge in [0, 0.05) is 12.1 Å². The number of thioether (sulfide) groups is 1. The Morgan fingerprint density at radius 3 is 2.48 bits per heavy atom. The lowest BCUT2D eigenvalue weighted by Gasteiger charge is -2.56. The number of rotatable bonds is 6. The average molecular weight is 432 g/mol. The highest BCUT2D eigenvalue weighted by atomic mass is 35.5. The van der Waals surface area contributed by atoms with Gasteiger partial charge in [-0.3, -0.25) is 4.79 Å². The second-order valence-electron chi connectivity index (χ2n) is 9.14. The monoisotopic (exact) mass is 431 g/mol. The maximum absolute atomic E-state index is 12.5. The molecule has 0 atom stereocenters. The molecule has 0 aliphatic heterocycles. The first-order valence-corrected chi connectivity index (χ1v) is 11.7. The van der Waals surface area contributed by atoms with Crippen molar-refractivity contribution in [2.45, 2.75) is 43.7 Å². The van der Waals surface area contributed by atoms with E-state index in [4.69, 9.17) is 17.4 Å². The number of hydrogen-bond donors (Lipinski definition) is 2. The topological polar surface area (TPSA) is 85.8 Å². The van der Waals surface area contributed by atoms with Crippen LogP contribution in [0.15, 0.2) is 29.4 Å². The first-order valence-electron chi connectivity index (χ1n) is 10.4. The number of nitrogens with zero attached hydrogens (tertiary/aromatic N) is 3. The van der Waals surface area contributed by atoms with Crippen molar-refractivity contribution in [1.82, 2.24) is 20.2 Å². The van der Waals surface area contributed by atoms with Crippen LogP contribution in [0.3, 0.4) is 0 Å². The number of aromatic nitrogens is 3. The molecule has 4 fully saturated rings. The lowest BCUT2D eigenvalue weighted by atomic mass is 9.49. The van der Waals surface area contributed by atoms with Crippen molar-refractivity contribution in [2.75, 3.05) is 18.1 Å². The van der Waals surface area contributed by atoms with E-state index in [0.717, 1.165) is 29.9 Å². The summed E-state index contributed by atoms with van der Waals surface area (Å²) in [6.45, 7) is 0.816. The van der Waals surface area contributed by atoms with Crippen molar-refractivity contribution in [2.24, 2.45) is 23.2 Å². The van der Waals surface area contributed by atoms with Gasteiger partial charge in [0.2, 0.25) is 11.1 Å². The summed E-state index contributed by atoms with van der Waals surface area (Å²) in [6, 6.07) is 7.37. The van der Waals surface area contributed by atoms with Gasteiger partial charge in [-0.25, -0.2) is 4.68 Å². The summed E-state index contributed by atoms with van der Waals surface area (Å²) in [4.78, 5) is 12.5. The Hall–Kier alpha value is -1.73. The molecule has 2 aromatic rings. The smallest absolute Gasteiger partial charge is 0.230 e. The predicted octanol–water partition coefficient (Wildman–Crippen LogP) is 3.74. The molecule has 4 bridgehead atoms. The maximum Gasteiger partial charge on any atom is 0.230 e. The largest absolute Gasteiger partial charge is 0.355 e. The van der Waals surface area contributed by atoms with E-state index in [1.54, 1.807) is 6.07 Å². The van der Waals surface area contributed by atoms with Crippen LogP contribution in [0.5, 0.6) is 0 Å². The predicted molar refractivity (Wildman–Crippen MR) is 115 cm³/mol. The molecule has 0 saturated heterocycles. The van der Waals surface area contributed by atoms with Crippen LogP contribution in [0, 0.1) is 23.2 Å². The molecular weight excluding hydrogens is 406 g/mol. The van der Waals surface area contributed by atoms with E-state index in [-0.39, 0.29) is 11.7 Å². The molecule has 154 valence electrons. The number of nitrogen functional groups attached to an aromatic ring is 1. The minimum atomic E-state index is 0.0352. The number of nitrogens with one attached hydrogen (secondary N) is 1. The van der Waals surface area contributed by atoms with E-state index in [1.807, 2.05) is 18.2 Å². The Bertz CT molecular complexity index is 894. The second kappa shape index (κ2) is 7.51. The fourth-order valence-electron chi connectivity index (χ4n) is 6.18. The number of carbonyl (C=O) groups is 1. The summed E-state index contributed by atoms with van der Waals surface area (Å²) < 4.78 is 1.40. The number of amides is 1. The lowest BCUT2D eigenvalue weighted by Crippen LogP contribution is -2.51. The summed E-state index contributed by atoms with van der Waals surface area (Å²) >= 11 is 7.53. The van der Waals surface area contributed by atoms with Crippen LogP contribution in [0.1, 0.15) is 38.5 Å². The molecule has 6 rings (SSSR count). The van der Waals surface area contributed by atoms with Crippen molar-refractivity contribution >= 4 is 29.3 Å². The molecule has 6 nitrogen and oxygen atoms in total. The van der Waals surface area contributed by atoms with Crippen molar-refractivity contribution in [3.63, 3.8) is 0 Å². The lowest BCUT2D eigenvalue weighted by molar-refractivity contribution is -0.120. The van der Waals surface area contributed by atoms with Gasteiger partial charge in [0.05, 0.1) is 10.8 Å². The van der Waals surface area contributed by atoms with Crippen molar-refractivity contribution in [1.29, 1.82) is 0 Å². The van der Waals surface area contributed by atoms with E-state index in [9.17, 15) is 4.79 Å². The molecule has 4 saturated carbocycles. The Balaban J connectivity index is 1.17. The Morgan fingerprint density at radius 2 is 1.83 bits per heavy atom. The first-order chi connectivity index (χ1) is 14.0. The highest BCUT2D eigenvalue weighted by molar-refractivity contribution is 7.99. The highest BCUT2D eigenvalue weighted by Gasteiger charge is 2.50. The molecule has 8 heteroatoms. The Morgan fingerprint density at radius 1 is 1.17 bits per heavy atom. The summed E-state index contributed by atoms with van der Waals surface area (Å²) in [5.74, 6) is 9.64. The van der Waals surface area contributed by atoms with Crippen LogP contribution in [0.2, 0.25) is 5.02 Å². The molecule has 0 spiro atoms. The number of halogens is 1. The van der Waals surface area contributed by atoms with Crippen molar-refractivity contribution < 1.29 is 4.79 Å². The van der Waals surface area contributed by atoms with E-state index < -0.39 is 0 Å². The molecule has 4 aliphatic rings. The third-order valence-corrected chi connectivity index (χ3v) is 8.21. The third kappa shape index (κ3) is 3.75. The van der Waals surface area contributed by atoms with E-state index in [0.29, 0.717) is 21.4 Å². The molecule has 0 unspecified atom stereocenters. The summed E-state index contributed by atoms with van der Waals surface area (Å²) in [6.07, 6.45) is 8.15. The van der Waals surface area contributed by atoms with Gasteiger partial charge in [0.25, 0.3) is 0 Å². The fourth-order valence-corrected chi connectivity index (χ4v) is 7.08. The van der Waals surface area contributed by atoms with E-state index in [1.165, 1.54) is 55.0 Å². The average Bonchev–Trinajstić information content (AvgIpc) is 3.04. The quantitative estimate of drug-likeness (QED) is 0.537. The highest BCUT2D eigenvalue weighted by Crippen LogP contribution is 2.59. The van der Waals surface area contributed by atoms with Crippen molar-refractivity contribution in [3.8, 4) is 11.4 Å². The van der Waals surface area contributed by atoms with Gasteiger partial charge in [0.15, 0.2) is 5.82 Å². The molecule has 4 aliphatic carbocycles. The van der Waals surface area contributed by atoms with Crippen molar-refractivity contribution in [3.05, 3.63) is 29.3 Å². The van der Waals surface area contributed by atoms with Gasteiger partial charge >= 0.3 is 0 Å². The minimum absolute atomic E-state index is 0.0352. The fraction of sp³-hybridized carbons (Fsp3) is 0.571. The van der Waals surface area contributed by atoms with E-state index in [2.05, 4.69) is 15.5 Å². The summed E-state index contributed by atoms with van der Waals surface area (Å²) in [5, 5.41) is 12.5. The molecule has 1 heterocycles. The van der Waals surface area contributed by atoms with Gasteiger partial charge in [-0.15, -0.1) is 10.2 Å². The second-order valence-corrected chi connectivity index (χ2v) is 10.5. The first kappa shape index (κ1) is 19.2. The van der Waals surface area contributed by atoms with Crippen LogP contribution in [-0.2, 0) is 4.79 Å². The summed E-state index contributed by atoms with van der Waals surface area (Å²) in [7, 11) is 0. The molecule has 29 heavy (non-hydrogen) atoms. The van der Waals surface area contributed by atoms with Crippen LogP contribution in [0.4, 0.5) is 0 Å². The molecule has 1 aromatic carbocycles. The molecule has 1 aromatic heterocycles. The van der Waals surface area contributed by atoms with Gasteiger partial charge < -0.3 is 11.2 Å². The zero-order valence-corrected chi connectivity index (χ0v) is 17.9. The maximum atomic E-state index is 12.5. The standard InChI is InChI=1S/C21H26ClN5OS/c22-17-4-2-1-3-16(17)19-25-26-20(27(19)23)29-11-18(28)24-12-21-8-13-5-14(9-21)7-15(6-13)10-21/h1-4,13-15H,5-12,23H2,(H,24,28). The van der Waals surface area contributed by atoms with Gasteiger partial charge in [-0.05, 0) is 73.8 Å². The van der Waals surface area contributed by atoms with Crippen LogP contribution < -0.4 is 11.2 Å². The third-order valence-electron chi connectivity index (χ3n) is 6.94. The SMILES string of the molecule is Nn1c(SCC(=O)NCC23CC4CC(CC(C4)C2)C3)nnc1-c1ccccc1Cl. The summed E-state index contributed by atoms with van der Waals surface area (Å²) in [5.41, 5.74) is 1.07. The number of hydrogen-bond acceptors (Lipinski definition) is 5. The zero-order chi connectivity index (χ0) is 20.0. The Kier molecular flexibility index (Phi) is 4.98. The van der Waals surface area contributed by atoms with Crippen LogP contribution >= 0.6 is 23.4 Å². The molecular formula is C21H26ClN5OS. The van der Waals surface area contributed by atoms with E-state index >= 15 is 0 Å². The molecule has 1 amide bonds. The zero-order valence-electron chi connectivity index (χ0n) is 16.3. The van der Waals surface area contributed by atoms with Crippen LogP contribution in [0.25, 0.3) is 11.4 Å². The number of carbonyl (C=O) groups excluding carboxylic acids is 1. The van der Waals surface area contributed by atoms with Gasteiger partial charge in [-0.1, -0.05) is 35.5 Å². The molecule has 0 radical (unpaired) electrons. The Labute approximate surface area is 179 Å². The minimum Gasteiger partial charge on any atom is -0.355 e. The molecule has 3 N–H and O–H groups in total. The van der Waals surface area contributed by atoms with Gasteiger partial charge in [0.1, 0.15) is 0 Å². The number of benzene rings is 1. The van der Waals surface area contributed by atoms with Gasteiger partial charge in [-0.2, -0.15) is 0 Å².